The molecule has 0 radical (unpaired) electrons. The van der Waals surface area contributed by atoms with Crippen molar-refractivity contribution < 1.29 is 9.21 Å². The largest absolute Gasteiger partial charge is 0.459 e. The van der Waals surface area contributed by atoms with Crippen molar-refractivity contribution in [2.45, 2.75) is 18.7 Å². The van der Waals surface area contributed by atoms with Crippen LogP contribution in [0.1, 0.15) is 34.6 Å². The quantitative estimate of drug-likeness (QED) is 0.733. The molecule has 0 fully saturated rings. The number of benzene rings is 2. The van der Waals surface area contributed by atoms with Crippen LogP contribution in [0, 0.1) is 0 Å². The molecular weight excluding hydrogens is 306 g/mol. The third-order valence-corrected chi connectivity index (χ3v) is 4.37. The first-order valence-electron chi connectivity index (χ1n) is 7.54. The minimum Gasteiger partial charge on any atom is -0.459 e. The summed E-state index contributed by atoms with van der Waals surface area (Å²) in [5.41, 5.74) is 2.72. The van der Waals surface area contributed by atoms with Crippen molar-refractivity contribution in [1.29, 1.82) is 0 Å². The number of hydrogen-bond donors (Lipinski definition) is 1. The Balaban J connectivity index is 1.71. The first kappa shape index (κ1) is 15.7. The fourth-order valence-electron chi connectivity index (χ4n) is 2.49. The maximum absolute atomic E-state index is 12.4. The Bertz CT molecular complexity index is 775. The molecule has 4 heteroatoms. The van der Waals surface area contributed by atoms with Crippen molar-refractivity contribution in [2.75, 3.05) is 6.26 Å². The molecule has 0 saturated heterocycles. The monoisotopic (exact) mass is 325 g/mol. The molecule has 1 N–H and O–H groups in total. The summed E-state index contributed by atoms with van der Waals surface area (Å²) in [5.74, 6) is 1.63. The van der Waals surface area contributed by atoms with E-state index >= 15 is 0 Å². The van der Waals surface area contributed by atoms with Gasteiger partial charge in [0.25, 0.3) is 5.91 Å². The Kier molecular flexibility index (Phi) is 4.72. The van der Waals surface area contributed by atoms with Gasteiger partial charge in [0.2, 0.25) is 0 Å². The van der Waals surface area contributed by atoms with Crippen LogP contribution < -0.4 is 5.32 Å². The van der Waals surface area contributed by atoms with E-state index in [2.05, 4.69) is 11.6 Å². The van der Waals surface area contributed by atoms with Crippen molar-refractivity contribution >= 4 is 28.6 Å². The second-order valence-electron chi connectivity index (χ2n) is 5.51. The summed E-state index contributed by atoms with van der Waals surface area (Å²) in [6, 6.07) is 17.4. The maximum atomic E-state index is 12.4. The molecule has 1 amide bonds. The Morgan fingerprint density at radius 1 is 1.17 bits per heavy atom. The smallest absolute Gasteiger partial charge is 0.251 e. The highest BCUT2D eigenvalue weighted by atomic mass is 32.2. The topological polar surface area (TPSA) is 42.2 Å². The molecule has 1 heterocycles. The summed E-state index contributed by atoms with van der Waals surface area (Å²) < 4.78 is 5.80. The summed E-state index contributed by atoms with van der Waals surface area (Å²) in [6.07, 6.45) is 2.07. The number of carbonyl (C=O) groups excluding carboxylic acids is 1. The van der Waals surface area contributed by atoms with Gasteiger partial charge >= 0.3 is 0 Å². The predicted molar refractivity (Wildman–Crippen MR) is 95.8 cm³/mol. The summed E-state index contributed by atoms with van der Waals surface area (Å²) in [5, 5.41) is 4.03. The zero-order valence-corrected chi connectivity index (χ0v) is 14.0. The molecule has 0 bridgehead atoms. The van der Waals surface area contributed by atoms with E-state index in [1.54, 1.807) is 11.8 Å². The number of furan rings is 1. The van der Waals surface area contributed by atoms with E-state index in [-0.39, 0.29) is 11.9 Å². The minimum absolute atomic E-state index is 0.0892. The minimum atomic E-state index is -0.180. The molecule has 2 aromatic carbocycles. The molecule has 1 aromatic heterocycles. The Labute approximate surface area is 140 Å². The van der Waals surface area contributed by atoms with E-state index in [0.717, 1.165) is 22.5 Å². The third-order valence-electron chi connectivity index (χ3n) is 3.75. The van der Waals surface area contributed by atoms with Gasteiger partial charge in [-0.15, -0.1) is 0 Å². The Morgan fingerprint density at radius 3 is 2.61 bits per heavy atom. The molecule has 118 valence electrons. The van der Waals surface area contributed by atoms with E-state index in [0.29, 0.717) is 5.56 Å². The Morgan fingerprint density at radius 2 is 1.91 bits per heavy atom. The van der Waals surface area contributed by atoms with Crippen LogP contribution in [0.25, 0.3) is 11.0 Å². The molecule has 3 nitrogen and oxygen atoms in total. The van der Waals surface area contributed by atoms with Crippen LogP contribution in [-0.4, -0.2) is 12.2 Å². The molecule has 3 aromatic rings. The van der Waals surface area contributed by atoms with Crippen molar-refractivity contribution in [1.82, 2.24) is 5.32 Å². The molecule has 0 aliphatic heterocycles. The standard InChI is InChI=1S/C19H19NO2S/c1-13(18-11-16-5-3-4-6-17(16)22-18)20-19(21)15-9-7-14(8-10-15)12-23-2/h3-11,13H,12H2,1-2H3,(H,20,21). The summed E-state index contributed by atoms with van der Waals surface area (Å²) in [4.78, 5) is 12.4. The van der Waals surface area contributed by atoms with Crippen LogP contribution in [0.5, 0.6) is 0 Å². The molecule has 1 unspecified atom stereocenters. The summed E-state index contributed by atoms with van der Waals surface area (Å²) >= 11 is 1.77. The second-order valence-corrected chi connectivity index (χ2v) is 6.38. The highest BCUT2D eigenvalue weighted by Crippen LogP contribution is 2.23. The molecule has 0 saturated carbocycles. The molecule has 0 aliphatic carbocycles. The number of para-hydroxylation sites is 1. The van der Waals surface area contributed by atoms with Gasteiger partial charge in [-0.3, -0.25) is 4.79 Å². The first-order chi connectivity index (χ1) is 11.2. The van der Waals surface area contributed by atoms with Crippen LogP contribution >= 0.6 is 11.8 Å². The Hall–Kier alpha value is -2.20. The van der Waals surface area contributed by atoms with Gasteiger partial charge in [0.1, 0.15) is 11.3 Å². The fourth-order valence-corrected chi connectivity index (χ4v) is 3.01. The van der Waals surface area contributed by atoms with Crippen LogP contribution in [0.4, 0.5) is 0 Å². The number of rotatable bonds is 5. The number of hydrogen-bond acceptors (Lipinski definition) is 3. The van der Waals surface area contributed by atoms with E-state index in [4.69, 9.17) is 4.42 Å². The molecule has 0 spiro atoms. The lowest BCUT2D eigenvalue weighted by Gasteiger charge is -2.11. The van der Waals surface area contributed by atoms with Gasteiger partial charge in [-0.1, -0.05) is 30.3 Å². The van der Waals surface area contributed by atoms with Gasteiger partial charge in [-0.25, -0.2) is 0 Å². The molecule has 1 atom stereocenters. The molecule has 23 heavy (non-hydrogen) atoms. The fraction of sp³-hybridized carbons (Fsp3) is 0.211. The van der Waals surface area contributed by atoms with E-state index < -0.39 is 0 Å². The average Bonchev–Trinajstić information content (AvgIpc) is 3.00. The number of carbonyl (C=O) groups is 1. The molecule has 0 aliphatic rings. The van der Waals surface area contributed by atoms with Gasteiger partial charge in [0.05, 0.1) is 6.04 Å². The van der Waals surface area contributed by atoms with E-state index in [1.807, 2.05) is 61.5 Å². The van der Waals surface area contributed by atoms with Crippen LogP contribution in [0.2, 0.25) is 0 Å². The number of amides is 1. The van der Waals surface area contributed by atoms with Crippen molar-refractivity contribution in [3.8, 4) is 0 Å². The highest BCUT2D eigenvalue weighted by Gasteiger charge is 2.15. The zero-order chi connectivity index (χ0) is 16.2. The van der Waals surface area contributed by atoms with Gasteiger partial charge in [-0.05, 0) is 43.0 Å². The average molecular weight is 325 g/mol. The maximum Gasteiger partial charge on any atom is 0.251 e. The van der Waals surface area contributed by atoms with Gasteiger partial charge in [-0.2, -0.15) is 11.8 Å². The van der Waals surface area contributed by atoms with E-state index in [1.165, 1.54) is 5.56 Å². The lowest BCUT2D eigenvalue weighted by Crippen LogP contribution is -2.26. The summed E-state index contributed by atoms with van der Waals surface area (Å²) in [6.45, 7) is 1.93. The lowest BCUT2D eigenvalue weighted by molar-refractivity contribution is 0.0935. The van der Waals surface area contributed by atoms with Crippen LogP contribution in [0.15, 0.2) is 59.0 Å². The van der Waals surface area contributed by atoms with Crippen molar-refractivity contribution in [3.63, 3.8) is 0 Å². The first-order valence-corrected chi connectivity index (χ1v) is 8.94. The lowest BCUT2D eigenvalue weighted by atomic mass is 10.1. The summed E-state index contributed by atoms with van der Waals surface area (Å²) in [7, 11) is 0. The SMILES string of the molecule is CSCc1ccc(C(=O)NC(C)c2cc3ccccc3o2)cc1. The van der Waals surface area contributed by atoms with E-state index in [9.17, 15) is 4.79 Å². The van der Waals surface area contributed by atoms with Gasteiger partial charge in [0, 0.05) is 16.7 Å². The third kappa shape index (κ3) is 3.59. The predicted octanol–water partition coefficient (Wildman–Crippen LogP) is 4.79. The number of thioether (sulfide) groups is 1. The molecule has 3 rings (SSSR count). The van der Waals surface area contributed by atoms with Crippen LogP contribution in [-0.2, 0) is 5.75 Å². The van der Waals surface area contributed by atoms with Crippen molar-refractivity contribution in [2.24, 2.45) is 0 Å². The zero-order valence-electron chi connectivity index (χ0n) is 13.2. The number of fused-ring (bicyclic) bond motifs is 1. The van der Waals surface area contributed by atoms with Crippen molar-refractivity contribution in [3.05, 3.63) is 71.5 Å². The van der Waals surface area contributed by atoms with Gasteiger partial charge < -0.3 is 9.73 Å². The number of nitrogens with one attached hydrogen (secondary N) is 1. The van der Waals surface area contributed by atoms with Gasteiger partial charge in [0.15, 0.2) is 0 Å². The molecular formula is C19H19NO2S. The normalized spacial score (nSPS) is 12.3. The highest BCUT2D eigenvalue weighted by molar-refractivity contribution is 7.97. The second kappa shape index (κ2) is 6.92. The van der Waals surface area contributed by atoms with Crippen LogP contribution in [0.3, 0.4) is 0 Å².